The molecule has 6 nitrogen and oxygen atoms in total. The maximum Gasteiger partial charge on any atom is 0.309 e. The Balaban J connectivity index is 1.53. The lowest BCUT2D eigenvalue weighted by Gasteiger charge is -2.14. The summed E-state index contributed by atoms with van der Waals surface area (Å²) in [7, 11) is 0. The van der Waals surface area contributed by atoms with Gasteiger partial charge in [-0.25, -0.2) is 0 Å². The summed E-state index contributed by atoms with van der Waals surface area (Å²) in [5, 5.41) is 11.5. The third kappa shape index (κ3) is 5.07. The van der Waals surface area contributed by atoms with E-state index in [1.54, 1.807) is 20.8 Å². The molecule has 0 bridgehead atoms. The minimum Gasteiger partial charge on any atom is -0.463 e. The monoisotopic (exact) mass is 515 g/mol. The van der Waals surface area contributed by atoms with Crippen molar-refractivity contribution in [2.75, 3.05) is 5.75 Å². The number of fused-ring (bicyclic) bond motifs is 1. The van der Waals surface area contributed by atoms with Crippen LogP contribution in [0.15, 0.2) is 46.3 Å². The maximum absolute atomic E-state index is 12.5. The second kappa shape index (κ2) is 9.75. The normalized spacial score (nSPS) is 14.7. The molecule has 168 valence electrons. The van der Waals surface area contributed by atoms with Gasteiger partial charge in [-0.05, 0) is 65.6 Å². The highest BCUT2D eigenvalue weighted by atomic mass is 79.9. The SMILES string of the molecule is CC(C)OC(=O)C(C)CC(=O)CSc1nnc(Br)n1-c1ccc(C2CC2)c2ccccc12. The maximum atomic E-state index is 12.5. The zero-order valence-corrected chi connectivity index (χ0v) is 20.8. The van der Waals surface area contributed by atoms with Crippen LogP contribution in [0.4, 0.5) is 0 Å². The molecule has 1 atom stereocenters. The number of carbonyl (C=O) groups excluding carboxylic acids is 2. The number of thioether (sulfide) groups is 1. The molecule has 0 N–H and O–H groups in total. The number of Topliss-reactive ketones (excluding diaryl/α,β-unsaturated/α-hetero) is 1. The molecule has 1 unspecified atom stereocenters. The van der Waals surface area contributed by atoms with E-state index in [2.05, 4.69) is 56.5 Å². The number of aromatic nitrogens is 3. The summed E-state index contributed by atoms with van der Waals surface area (Å²) in [5.74, 6) is 0.0279. The number of ketones is 1. The number of rotatable bonds is 9. The molecule has 1 fully saturated rings. The molecule has 1 saturated carbocycles. The summed E-state index contributed by atoms with van der Waals surface area (Å²) >= 11 is 4.85. The second-order valence-electron chi connectivity index (χ2n) is 8.50. The number of hydrogen-bond donors (Lipinski definition) is 0. The van der Waals surface area contributed by atoms with E-state index in [1.165, 1.54) is 35.6 Å². The summed E-state index contributed by atoms with van der Waals surface area (Å²) in [4.78, 5) is 24.5. The van der Waals surface area contributed by atoms with Crippen LogP contribution in [0.1, 0.15) is 51.5 Å². The molecule has 8 heteroatoms. The van der Waals surface area contributed by atoms with Crippen LogP contribution in [-0.4, -0.2) is 38.4 Å². The average molecular weight is 516 g/mol. The lowest BCUT2D eigenvalue weighted by molar-refractivity contribution is -0.153. The van der Waals surface area contributed by atoms with Gasteiger partial charge < -0.3 is 4.74 Å². The van der Waals surface area contributed by atoms with Gasteiger partial charge in [0.15, 0.2) is 5.16 Å². The van der Waals surface area contributed by atoms with E-state index in [0.717, 1.165) is 11.1 Å². The van der Waals surface area contributed by atoms with Crippen molar-refractivity contribution in [2.45, 2.75) is 57.2 Å². The Labute approximate surface area is 200 Å². The molecule has 1 aliphatic rings. The standard InChI is InChI=1S/C24H26BrN3O3S/c1-14(2)31-22(30)15(3)12-17(29)13-32-24-27-26-23(25)28(24)21-11-10-18(16-8-9-16)19-6-4-5-7-20(19)21/h4-7,10-11,14-16H,8-9,12-13H2,1-3H3. The Morgan fingerprint density at radius 3 is 2.53 bits per heavy atom. The molecular weight excluding hydrogens is 490 g/mol. The van der Waals surface area contributed by atoms with Crippen molar-refractivity contribution in [1.29, 1.82) is 0 Å². The Morgan fingerprint density at radius 1 is 1.12 bits per heavy atom. The zero-order chi connectivity index (χ0) is 22.8. The second-order valence-corrected chi connectivity index (χ2v) is 10.2. The van der Waals surface area contributed by atoms with E-state index in [-0.39, 0.29) is 30.0 Å². The molecular formula is C24H26BrN3O3S. The summed E-state index contributed by atoms with van der Waals surface area (Å²) in [6, 6.07) is 12.7. The van der Waals surface area contributed by atoms with Gasteiger partial charge in [0.1, 0.15) is 5.78 Å². The van der Waals surface area contributed by atoms with E-state index < -0.39 is 5.92 Å². The largest absolute Gasteiger partial charge is 0.463 e. The molecule has 0 saturated heterocycles. The first kappa shape index (κ1) is 23.0. The van der Waals surface area contributed by atoms with Crippen molar-refractivity contribution >= 4 is 50.2 Å². The van der Waals surface area contributed by atoms with E-state index in [1.807, 2.05) is 10.6 Å². The molecule has 3 aromatic rings. The Kier molecular flexibility index (Phi) is 7.00. The van der Waals surface area contributed by atoms with Gasteiger partial charge in [-0.3, -0.25) is 14.2 Å². The van der Waals surface area contributed by atoms with Crippen LogP contribution in [0.5, 0.6) is 0 Å². The summed E-state index contributed by atoms with van der Waals surface area (Å²) in [6.07, 6.45) is 2.44. The predicted molar refractivity (Wildman–Crippen MR) is 129 cm³/mol. The quantitative estimate of drug-likeness (QED) is 0.268. The number of hydrogen-bond acceptors (Lipinski definition) is 6. The molecule has 1 aromatic heterocycles. The van der Waals surface area contributed by atoms with Crippen LogP contribution >= 0.6 is 27.7 Å². The molecule has 2 aromatic carbocycles. The van der Waals surface area contributed by atoms with Gasteiger partial charge in [-0.1, -0.05) is 49.0 Å². The highest BCUT2D eigenvalue weighted by Gasteiger charge is 2.26. The molecule has 0 radical (unpaired) electrons. The fourth-order valence-electron chi connectivity index (χ4n) is 3.78. The number of halogens is 1. The first-order chi connectivity index (χ1) is 15.3. The number of ether oxygens (including phenoxy) is 1. The highest BCUT2D eigenvalue weighted by Crippen LogP contribution is 2.44. The molecule has 0 aliphatic heterocycles. The van der Waals surface area contributed by atoms with Crippen molar-refractivity contribution in [3.05, 3.63) is 46.7 Å². The summed E-state index contributed by atoms with van der Waals surface area (Å²) in [5.41, 5.74) is 2.37. The molecule has 0 spiro atoms. The predicted octanol–water partition coefficient (Wildman–Crippen LogP) is 5.70. The van der Waals surface area contributed by atoms with Crippen LogP contribution < -0.4 is 0 Å². The molecule has 4 rings (SSSR count). The molecule has 0 amide bonds. The molecule has 1 heterocycles. The average Bonchev–Trinajstić information content (AvgIpc) is 3.54. The van der Waals surface area contributed by atoms with Crippen molar-refractivity contribution in [3.63, 3.8) is 0 Å². The topological polar surface area (TPSA) is 74.1 Å². The number of nitrogens with zero attached hydrogens (tertiary/aromatic N) is 3. The van der Waals surface area contributed by atoms with Crippen LogP contribution in [0.2, 0.25) is 0 Å². The summed E-state index contributed by atoms with van der Waals surface area (Å²) in [6.45, 7) is 5.32. The highest BCUT2D eigenvalue weighted by molar-refractivity contribution is 9.10. The first-order valence-corrected chi connectivity index (χ1v) is 12.6. The van der Waals surface area contributed by atoms with Crippen molar-refractivity contribution in [1.82, 2.24) is 14.8 Å². The van der Waals surface area contributed by atoms with Gasteiger partial charge >= 0.3 is 5.97 Å². The van der Waals surface area contributed by atoms with Gasteiger partial charge in [0.05, 0.1) is 23.5 Å². The molecule has 32 heavy (non-hydrogen) atoms. The van der Waals surface area contributed by atoms with E-state index in [9.17, 15) is 9.59 Å². The minimum atomic E-state index is -0.464. The van der Waals surface area contributed by atoms with Gasteiger partial charge in [0, 0.05) is 11.8 Å². The fourth-order valence-corrected chi connectivity index (χ4v) is 5.15. The van der Waals surface area contributed by atoms with Gasteiger partial charge in [-0.15, -0.1) is 10.2 Å². The Morgan fingerprint density at radius 2 is 1.84 bits per heavy atom. The third-order valence-electron chi connectivity index (χ3n) is 5.44. The van der Waals surface area contributed by atoms with Crippen molar-refractivity contribution < 1.29 is 14.3 Å². The van der Waals surface area contributed by atoms with Crippen LogP contribution in [0.25, 0.3) is 16.5 Å². The lowest BCUT2D eigenvalue weighted by Crippen LogP contribution is -2.22. The van der Waals surface area contributed by atoms with E-state index in [4.69, 9.17) is 4.74 Å². The van der Waals surface area contributed by atoms with Crippen LogP contribution in [0, 0.1) is 5.92 Å². The number of esters is 1. The van der Waals surface area contributed by atoms with Gasteiger partial charge in [-0.2, -0.15) is 0 Å². The number of carbonyl (C=O) groups is 2. The van der Waals surface area contributed by atoms with E-state index in [0.29, 0.717) is 15.8 Å². The Bertz CT molecular complexity index is 1160. The zero-order valence-electron chi connectivity index (χ0n) is 18.4. The molecule has 1 aliphatic carbocycles. The van der Waals surface area contributed by atoms with Crippen LogP contribution in [0.3, 0.4) is 0 Å². The third-order valence-corrected chi connectivity index (χ3v) is 6.94. The van der Waals surface area contributed by atoms with Crippen LogP contribution in [-0.2, 0) is 14.3 Å². The minimum absolute atomic E-state index is 0.0252. The van der Waals surface area contributed by atoms with Gasteiger partial charge in [0.2, 0.25) is 4.73 Å². The fraction of sp³-hybridized carbons (Fsp3) is 0.417. The lowest BCUT2D eigenvalue weighted by atomic mass is 9.99. The van der Waals surface area contributed by atoms with Crippen molar-refractivity contribution in [2.24, 2.45) is 5.92 Å². The van der Waals surface area contributed by atoms with E-state index >= 15 is 0 Å². The smallest absolute Gasteiger partial charge is 0.309 e. The first-order valence-electron chi connectivity index (χ1n) is 10.8. The van der Waals surface area contributed by atoms with Crippen molar-refractivity contribution in [3.8, 4) is 5.69 Å². The summed E-state index contributed by atoms with van der Waals surface area (Å²) < 4.78 is 7.72. The van der Waals surface area contributed by atoms with Gasteiger partial charge in [0.25, 0.3) is 0 Å². The number of benzene rings is 2. The Hall–Kier alpha value is -2.19.